The van der Waals surface area contributed by atoms with Crippen molar-refractivity contribution in [3.63, 3.8) is 0 Å². The molecule has 0 spiro atoms. The van der Waals surface area contributed by atoms with Crippen LogP contribution in [-0.2, 0) is 26.2 Å². The van der Waals surface area contributed by atoms with Crippen LogP contribution in [0.3, 0.4) is 0 Å². The first kappa shape index (κ1) is 25.0. The van der Waals surface area contributed by atoms with Crippen LogP contribution >= 0.6 is 23.2 Å². The highest BCUT2D eigenvalue weighted by Gasteiger charge is 2.30. The summed E-state index contributed by atoms with van der Waals surface area (Å²) in [6.07, 6.45) is 0.997. The molecule has 2 amide bonds. The average Bonchev–Trinajstić information content (AvgIpc) is 2.71. The van der Waals surface area contributed by atoms with E-state index < -0.39 is 28.5 Å². The van der Waals surface area contributed by atoms with Crippen molar-refractivity contribution in [2.75, 3.05) is 24.2 Å². The normalized spacial score (nSPS) is 12.2. The van der Waals surface area contributed by atoms with E-state index in [-0.39, 0.29) is 28.2 Å². The van der Waals surface area contributed by atoms with Crippen molar-refractivity contribution in [1.82, 2.24) is 10.2 Å². The molecular weight excluding hydrogens is 461 g/mol. The zero-order valence-corrected chi connectivity index (χ0v) is 20.1. The van der Waals surface area contributed by atoms with Crippen molar-refractivity contribution in [2.45, 2.75) is 26.4 Å². The summed E-state index contributed by atoms with van der Waals surface area (Å²) in [6, 6.07) is 11.0. The Morgan fingerprint density at radius 1 is 1.10 bits per heavy atom. The lowest BCUT2D eigenvalue weighted by molar-refractivity contribution is -0.139. The van der Waals surface area contributed by atoms with E-state index in [1.165, 1.54) is 30.1 Å². The second-order valence-electron chi connectivity index (χ2n) is 7.11. The van der Waals surface area contributed by atoms with Crippen molar-refractivity contribution in [2.24, 2.45) is 0 Å². The molecule has 0 aliphatic carbocycles. The fourth-order valence-electron chi connectivity index (χ4n) is 3.02. The number of hydrogen-bond donors (Lipinski definition) is 1. The number of halogens is 2. The van der Waals surface area contributed by atoms with Crippen LogP contribution in [0.5, 0.6) is 0 Å². The molecule has 2 rings (SSSR count). The highest BCUT2D eigenvalue weighted by molar-refractivity contribution is 7.92. The zero-order chi connectivity index (χ0) is 23.3. The molecule has 1 atom stereocenters. The highest BCUT2D eigenvalue weighted by atomic mass is 35.5. The van der Waals surface area contributed by atoms with Crippen molar-refractivity contribution in [1.29, 1.82) is 0 Å². The van der Waals surface area contributed by atoms with Crippen LogP contribution in [0, 0.1) is 6.92 Å². The summed E-state index contributed by atoms with van der Waals surface area (Å²) in [7, 11) is -2.35. The van der Waals surface area contributed by atoms with Crippen molar-refractivity contribution < 1.29 is 18.0 Å². The molecule has 0 aromatic heterocycles. The molecule has 0 bridgehead atoms. The van der Waals surface area contributed by atoms with Gasteiger partial charge >= 0.3 is 0 Å². The number of benzene rings is 2. The number of carbonyl (C=O) groups excluding carboxylic acids is 2. The van der Waals surface area contributed by atoms with Gasteiger partial charge in [-0.15, -0.1) is 0 Å². The SMILES string of the molecule is CNC(=O)[C@@H](C)N(Cc1ccccc1C)C(=O)CN(c1ccc(Cl)c(Cl)c1)S(C)(=O)=O. The Labute approximate surface area is 193 Å². The number of amides is 2. The van der Waals surface area contributed by atoms with Crippen LogP contribution in [0.2, 0.25) is 10.0 Å². The first-order chi connectivity index (χ1) is 14.5. The molecule has 2 aromatic rings. The van der Waals surface area contributed by atoms with Crippen LogP contribution in [0.15, 0.2) is 42.5 Å². The van der Waals surface area contributed by atoms with Gasteiger partial charge in [0.1, 0.15) is 12.6 Å². The van der Waals surface area contributed by atoms with E-state index in [1.54, 1.807) is 6.92 Å². The zero-order valence-electron chi connectivity index (χ0n) is 17.7. The van der Waals surface area contributed by atoms with Gasteiger partial charge in [0.25, 0.3) is 0 Å². The van der Waals surface area contributed by atoms with E-state index in [9.17, 15) is 18.0 Å². The monoisotopic (exact) mass is 485 g/mol. The summed E-state index contributed by atoms with van der Waals surface area (Å²) < 4.78 is 25.9. The number of nitrogens with one attached hydrogen (secondary N) is 1. The third kappa shape index (κ3) is 6.35. The Hall–Kier alpha value is -2.29. The van der Waals surface area contributed by atoms with E-state index in [4.69, 9.17) is 23.2 Å². The van der Waals surface area contributed by atoms with Crippen molar-refractivity contribution in [3.05, 3.63) is 63.6 Å². The lowest BCUT2D eigenvalue weighted by Gasteiger charge is -2.31. The van der Waals surface area contributed by atoms with Crippen LogP contribution in [0.1, 0.15) is 18.1 Å². The van der Waals surface area contributed by atoms with Crippen molar-refractivity contribution in [3.8, 4) is 0 Å². The molecule has 0 saturated carbocycles. The van der Waals surface area contributed by atoms with Gasteiger partial charge in [0.05, 0.1) is 22.0 Å². The molecular formula is C21H25Cl2N3O4S. The minimum absolute atomic E-state index is 0.152. The molecule has 0 radical (unpaired) electrons. The van der Waals surface area contributed by atoms with E-state index in [2.05, 4.69) is 5.32 Å². The lowest BCUT2D eigenvalue weighted by Crippen LogP contribution is -2.50. The largest absolute Gasteiger partial charge is 0.357 e. The third-order valence-corrected chi connectivity index (χ3v) is 6.77. The maximum absolute atomic E-state index is 13.3. The molecule has 10 heteroatoms. The quantitative estimate of drug-likeness (QED) is 0.621. The molecule has 168 valence electrons. The van der Waals surface area contributed by atoms with Crippen LogP contribution in [-0.4, -0.2) is 51.0 Å². The molecule has 2 aromatic carbocycles. The second-order valence-corrected chi connectivity index (χ2v) is 9.83. The van der Waals surface area contributed by atoms with Gasteiger partial charge in [-0.25, -0.2) is 8.42 Å². The van der Waals surface area contributed by atoms with E-state index in [0.29, 0.717) is 0 Å². The fraction of sp³-hybridized carbons (Fsp3) is 0.333. The number of hydrogen-bond acceptors (Lipinski definition) is 4. The van der Waals surface area contributed by atoms with E-state index >= 15 is 0 Å². The predicted octanol–water partition coefficient (Wildman–Crippen LogP) is 3.23. The number of nitrogens with zero attached hydrogens (tertiary/aromatic N) is 2. The molecule has 1 N–H and O–H groups in total. The number of anilines is 1. The van der Waals surface area contributed by atoms with Gasteiger partial charge in [-0.1, -0.05) is 47.5 Å². The Bertz CT molecular complexity index is 1080. The number of aryl methyl sites for hydroxylation is 1. The highest BCUT2D eigenvalue weighted by Crippen LogP contribution is 2.28. The second kappa shape index (κ2) is 10.3. The number of carbonyl (C=O) groups is 2. The predicted molar refractivity (Wildman–Crippen MR) is 124 cm³/mol. The summed E-state index contributed by atoms with van der Waals surface area (Å²) >= 11 is 12.0. The summed E-state index contributed by atoms with van der Waals surface area (Å²) in [5, 5.41) is 2.96. The molecule has 0 aliphatic rings. The van der Waals surface area contributed by atoms with Gasteiger partial charge in [-0.2, -0.15) is 0 Å². The van der Waals surface area contributed by atoms with E-state index in [0.717, 1.165) is 21.7 Å². The minimum Gasteiger partial charge on any atom is -0.357 e. The van der Waals surface area contributed by atoms with Gasteiger partial charge in [-0.05, 0) is 43.2 Å². The Morgan fingerprint density at radius 3 is 2.29 bits per heavy atom. The fourth-order valence-corrected chi connectivity index (χ4v) is 4.15. The van der Waals surface area contributed by atoms with Gasteiger partial charge in [0.15, 0.2) is 0 Å². The molecule has 7 nitrogen and oxygen atoms in total. The maximum Gasteiger partial charge on any atom is 0.244 e. The van der Waals surface area contributed by atoms with Crippen LogP contribution < -0.4 is 9.62 Å². The lowest BCUT2D eigenvalue weighted by atomic mass is 10.1. The Morgan fingerprint density at radius 2 is 1.74 bits per heavy atom. The molecule has 31 heavy (non-hydrogen) atoms. The van der Waals surface area contributed by atoms with Gasteiger partial charge in [0.2, 0.25) is 21.8 Å². The summed E-state index contributed by atoms with van der Waals surface area (Å²) in [5.41, 5.74) is 2.01. The third-order valence-electron chi connectivity index (χ3n) is 4.89. The molecule has 0 fully saturated rings. The minimum atomic E-state index is -3.83. The standard InChI is InChI=1S/C21H25Cl2N3O4S/c1-14-7-5-6-8-16(14)12-25(15(2)21(28)24-3)20(27)13-26(31(4,29)30)17-9-10-18(22)19(23)11-17/h5-11,15H,12-13H2,1-4H3,(H,24,28)/t15-/m1/s1. The molecule has 0 heterocycles. The summed E-state index contributed by atoms with van der Waals surface area (Å²) in [4.78, 5) is 26.9. The van der Waals surface area contributed by atoms with Crippen LogP contribution in [0.4, 0.5) is 5.69 Å². The summed E-state index contributed by atoms with van der Waals surface area (Å²) in [6.45, 7) is 3.16. The number of rotatable bonds is 8. The Balaban J connectivity index is 2.42. The summed E-state index contributed by atoms with van der Waals surface area (Å²) in [5.74, 6) is -0.891. The molecule has 0 unspecified atom stereocenters. The van der Waals surface area contributed by atoms with Crippen LogP contribution in [0.25, 0.3) is 0 Å². The first-order valence-electron chi connectivity index (χ1n) is 9.44. The van der Waals surface area contributed by atoms with Gasteiger partial charge < -0.3 is 10.2 Å². The Kier molecular flexibility index (Phi) is 8.34. The van der Waals surface area contributed by atoms with Gasteiger partial charge in [0, 0.05) is 13.6 Å². The average molecular weight is 486 g/mol. The topological polar surface area (TPSA) is 86.8 Å². The number of likely N-dealkylation sites (N-methyl/N-ethyl adjacent to an activating group) is 1. The van der Waals surface area contributed by atoms with Gasteiger partial charge in [-0.3, -0.25) is 13.9 Å². The molecule has 0 saturated heterocycles. The number of sulfonamides is 1. The molecule has 0 aliphatic heterocycles. The first-order valence-corrected chi connectivity index (χ1v) is 12.0. The van der Waals surface area contributed by atoms with Crippen molar-refractivity contribution >= 4 is 50.7 Å². The van der Waals surface area contributed by atoms with E-state index in [1.807, 2.05) is 31.2 Å². The smallest absolute Gasteiger partial charge is 0.244 e. The maximum atomic E-state index is 13.3.